The van der Waals surface area contributed by atoms with Crippen LogP contribution in [0.4, 0.5) is 5.69 Å². The van der Waals surface area contributed by atoms with Crippen LogP contribution < -0.4 is 10.2 Å². The molecule has 0 bridgehead atoms. The third-order valence-electron chi connectivity index (χ3n) is 4.25. The van der Waals surface area contributed by atoms with Crippen LogP contribution >= 0.6 is 0 Å². The number of hydrogen-bond donors (Lipinski definition) is 1. The van der Waals surface area contributed by atoms with Crippen LogP contribution in [0, 0.1) is 12.3 Å². The van der Waals surface area contributed by atoms with Crippen molar-refractivity contribution in [1.29, 1.82) is 0 Å². The molecule has 20 heavy (non-hydrogen) atoms. The van der Waals surface area contributed by atoms with E-state index in [4.69, 9.17) is 0 Å². The molecule has 0 spiro atoms. The number of hydrogen-bond acceptors (Lipinski definition) is 2. The highest BCUT2D eigenvalue weighted by atomic mass is 15.1. The lowest BCUT2D eigenvalue weighted by molar-refractivity contribution is 0.261. The van der Waals surface area contributed by atoms with Gasteiger partial charge in [-0.05, 0) is 51.3 Å². The zero-order chi connectivity index (χ0) is 15.2. The fourth-order valence-electron chi connectivity index (χ4n) is 2.41. The van der Waals surface area contributed by atoms with Crippen molar-refractivity contribution >= 4 is 5.69 Å². The summed E-state index contributed by atoms with van der Waals surface area (Å²) in [5.74, 6) is 0. The standard InChI is InChI=1S/C18H32N2/c1-7-13-19-16(4)18(5,6)14-20(8-2)17-11-9-15(3)10-12-17/h9-12,16,19H,7-8,13-14H2,1-6H3. The van der Waals surface area contributed by atoms with Gasteiger partial charge in [0.05, 0.1) is 0 Å². The summed E-state index contributed by atoms with van der Waals surface area (Å²) in [6.07, 6.45) is 1.19. The van der Waals surface area contributed by atoms with Gasteiger partial charge in [-0.15, -0.1) is 0 Å². The van der Waals surface area contributed by atoms with Crippen LogP contribution in [-0.4, -0.2) is 25.7 Å². The average Bonchev–Trinajstić information content (AvgIpc) is 2.43. The Bertz CT molecular complexity index is 381. The fraction of sp³-hybridized carbons (Fsp3) is 0.667. The lowest BCUT2D eigenvalue weighted by Crippen LogP contribution is -2.47. The van der Waals surface area contributed by atoms with E-state index in [-0.39, 0.29) is 5.41 Å². The summed E-state index contributed by atoms with van der Waals surface area (Å²) >= 11 is 0. The molecule has 2 nitrogen and oxygen atoms in total. The topological polar surface area (TPSA) is 15.3 Å². The Morgan fingerprint density at radius 3 is 2.25 bits per heavy atom. The van der Waals surface area contributed by atoms with Gasteiger partial charge in [0.15, 0.2) is 0 Å². The average molecular weight is 276 g/mol. The summed E-state index contributed by atoms with van der Waals surface area (Å²) in [6, 6.07) is 9.38. The molecule has 0 fully saturated rings. The van der Waals surface area contributed by atoms with Gasteiger partial charge < -0.3 is 10.2 Å². The zero-order valence-corrected chi connectivity index (χ0v) is 14.2. The van der Waals surface area contributed by atoms with E-state index in [0.29, 0.717) is 6.04 Å². The van der Waals surface area contributed by atoms with Crippen LogP contribution in [0.5, 0.6) is 0 Å². The molecule has 1 aromatic rings. The lowest BCUT2D eigenvalue weighted by atomic mass is 9.84. The number of nitrogens with one attached hydrogen (secondary N) is 1. The van der Waals surface area contributed by atoms with E-state index in [9.17, 15) is 0 Å². The van der Waals surface area contributed by atoms with Gasteiger partial charge >= 0.3 is 0 Å². The summed E-state index contributed by atoms with van der Waals surface area (Å²) < 4.78 is 0. The van der Waals surface area contributed by atoms with Crippen molar-refractivity contribution < 1.29 is 0 Å². The molecule has 1 N–H and O–H groups in total. The van der Waals surface area contributed by atoms with Gasteiger partial charge in [-0.1, -0.05) is 38.5 Å². The van der Waals surface area contributed by atoms with Crippen molar-refractivity contribution in [3.8, 4) is 0 Å². The van der Waals surface area contributed by atoms with Crippen molar-refractivity contribution in [2.75, 3.05) is 24.5 Å². The van der Waals surface area contributed by atoms with Crippen molar-refractivity contribution in [1.82, 2.24) is 5.32 Å². The number of rotatable bonds is 8. The maximum atomic E-state index is 3.64. The Hall–Kier alpha value is -1.02. The molecule has 1 atom stereocenters. The summed E-state index contributed by atoms with van der Waals surface area (Å²) in [4.78, 5) is 2.48. The second-order valence-corrected chi connectivity index (χ2v) is 6.51. The van der Waals surface area contributed by atoms with Gasteiger partial charge in [0.1, 0.15) is 0 Å². The minimum absolute atomic E-state index is 0.246. The number of anilines is 1. The first-order valence-corrected chi connectivity index (χ1v) is 7.95. The molecule has 0 aliphatic heterocycles. The van der Waals surface area contributed by atoms with Gasteiger partial charge in [-0.25, -0.2) is 0 Å². The third kappa shape index (κ3) is 4.82. The van der Waals surface area contributed by atoms with Crippen molar-refractivity contribution in [3.63, 3.8) is 0 Å². The molecule has 114 valence electrons. The minimum Gasteiger partial charge on any atom is -0.371 e. The molecule has 0 aromatic heterocycles. The molecule has 1 aromatic carbocycles. The van der Waals surface area contributed by atoms with E-state index < -0.39 is 0 Å². The van der Waals surface area contributed by atoms with Crippen LogP contribution in [0.3, 0.4) is 0 Å². The Kier molecular flexibility index (Phi) is 6.54. The van der Waals surface area contributed by atoms with Gasteiger partial charge in [0, 0.05) is 24.8 Å². The first kappa shape index (κ1) is 17.0. The molecule has 0 aliphatic rings. The van der Waals surface area contributed by atoms with Crippen LogP contribution in [0.25, 0.3) is 0 Å². The predicted molar refractivity (Wildman–Crippen MR) is 90.6 cm³/mol. The highest BCUT2D eigenvalue weighted by Crippen LogP contribution is 2.25. The van der Waals surface area contributed by atoms with Crippen LogP contribution in [0.15, 0.2) is 24.3 Å². The summed E-state index contributed by atoms with van der Waals surface area (Å²) in [6.45, 7) is 16.8. The zero-order valence-electron chi connectivity index (χ0n) is 14.2. The monoisotopic (exact) mass is 276 g/mol. The number of nitrogens with zero attached hydrogens (tertiary/aromatic N) is 1. The van der Waals surface area contributed by atoms with E-state index >= 15 is 0 Å². The van der Waals surface area contributed by atoms with Crippen molar-refractivity contribution in [2.45, 2.75) is 54.0 Å². The normalized spacial score (nSPS) is 13.3. The molecule has 0 saturated carbocycles. The summed E-state index contributed by atoms with van der Waals surface area (Å²) in [7, 11) is 0. The first-order chi connectivity index (χ1) is 9.40. The maximum Gasteiger partial charge on any atom is 0.0366 e. The smallest absolute Gasteiger partial charge is 0.0366 e. The first-order valence-electron chi connectivity index (χ1n) is 7.95. The molecule has 0 aliphatic carbocycles. The fourth-order valence-corrected chi connectivity index (χ4v) is 2.41. The number of aryl methyl sites for hydroxylation is 1. The van der Waals surface area contributed by atoms with Gasteiger partial charge in [-0.3, -0.25) is 0 Å². The largest absolute Gasteiger partial charge is 0.371 e. The van der Waals surface area contributed by atoms with Crippen LogP contribution in [0.1, 0.15) is 46.6 Å². The Balaban J connectivity index is 2.73. The highest BCUT2D eigenvalue weighted by molar-refractivity contribution is 5.47. The van der Waals surface area contributed by atoms with Crippen molar-refractivity contribution in [2.24, 2.45) is 5.41 Å². The molecular weight excluding hydrogens is 244 g/mol. The van der Waals surface area contributed by atoms with Crippen LogP contribution in [-0.2, 0) is 0 Å². The Morgan fingerprint density at radius 1 is 1.15 bits per heavy atom. The van der Waals surface area contributed by atoms with E-state index in [1.54, 1.807) is 0 Å². The highest BCUT2D eigenvalue weighted by Gasteiger charge is 2.27. The quantitative estimate of drug-likeness (QED) is 0.764. The molecule has 0 radical (unpaired) electrons. The van der Waals surface area contributed by atoms with Gasteiger partial charge in [0.2, 0.25) is 0 Å². The molecule has 0 saturated heterocycles. The third-order valence-corrected chi connectivity index (χ3v) is 4.25. The van der Waals surface area contributed by atoms with E-state index in [0.717, 1.165) is 19.6 Å². The second-order valence-electron chi connectivity index (χ2n) is 6.51. The predicted octanol–water partition coefficient (Wildman–Crippen LogP) is 4.24. The maximum absolute atomic E-state index is 3.64. The van der Waals surface area contributed by atoms with Crippen molar-refractivity contribution in [3.05, 3.63) is 29.8 Å². The molecule has 2 heteroatoms. The summed E-state index contributed by atoms with van der Waals surface area (Å²) in [5, 5.41) is 3.64. The number of benzene rings is 1. The molecule has 1 rings (SSSR count). The van der Waals surface area contributed by atoms with Crippen LogP contribution in [0.2, 0.25) is 0 Å². The Morgan fingerprint density at radius 2 is 1.75 bits per heavy atom. The molecule has 0 amide bonds. The minimum atomic E-state index is 0.246. The van der Waals surface area contributed by atoms with E-state index in [1.807, 2.05) is 0 Å². The lowest BCUT2D eigenvalue weighted by Gasteiger charge is -2.38. The SMILES string of the molecule is CCCNC(C)C(C)(C)CN(CC)c1ccc(C)cc1. The second kappa shape index (κ2) is 7.68. The van der Waals surface area contributed by atoms with E-state index in [1.165, 1.54) is 17.7 Å². The molecule has 0 heterocycles. The van der Waals surface area contributed by atoms with Gasteiger partial charge in [-0.2, -0.15) is 0 Å². The molecular formula is C18H32N2. The van der Waals surface area contributed by atoms with Gasteiger partial charge in [0.25, 0.3) is 0 Å². The summed E-state index contributed by atoms with van der Waals surface area (Å²) in [5.41, 5.74) is 2.90. The molecule has 1 unspecified atom stereocenters. The van der Waals surface area contributed by atoms with E-state index in [2.05, 4.69) is 76.0 Å². The Labute approximate surface area is 125 Å².